The number of hydrogen-bond acceptors (Lipinski definition) is 3. The minimum atomic E-state index is 0.0741. The van der Waals surface area contributed by atoms with Gasteiger partial charge in [0, 0.05) is 30.7 Å². The zero-order valence-electron chi connectivity index (χ0n) is 10.8. The van der Waals surface area contributed by atoms with Crippen LogP contribution in [-0.4, -0.2) is 29.7 Å². The van der Waals surface area contributed by atoms with Gasteiger partial charge in [-0.1, -0.05) is 12.2 Å². The van der Waals surface area contributed by atoms with E-state index in [1.807, 2.05) is 25.5 Å². The molecule has 0 radical (unpaired) electrons. The van der Waals surface area contributed by atoms with Crippen LogP contribution in [0.4, 0.5) is 0 Å². The maximum Gasteiger partial charge on any atom is 0.0583 e. The van der Waals surface area contributed by atoms with Crippen molar-refractivity contribution in [2.75, 3.05) is 7.05 Å². The second-order valence-corrected chi connectivity index (χ2v) is 4.27. The first-order valence-corrected chi connectivity index (χ1v) is 6.14. The standard InChI is InChI=1S/C14H18N4/c1-11-14(10-17-18-11)12(8-15-2)9-16-13-6-4-3-5-7-13/h4,6-10,12H,3,5H2,1-2H3,(H,17,18). The molecule has 18 heavy (non-hydrogen) atoms. The van der Waals surface area contributed by atoms with Crippen LogP contribution in [0.15, 0.2) is 40.1 Å². The van der Waals surface area contributed by atoms with Crippen LogP contribution in [0, 0.1) is 6.92 Å². The summed E-state index contributed by atoms with van der Waals surface area (Å²) in [5.74, 6) is 0.0741. The van der Waals surface area contributed by atoms with Gasteiger partial charge in [-0.2, -0.15) is 5.10 Å². The summed E-state index contributed by atoms with van der Waals surface area (Å²) in [6, 6.07) is 0. The number of H-pyrrole nitrogens is 1. The molecular weight excluding hydrogens is 224 g/mol. The normalized spacial score (nSPS) is 17.6. The van der Waals surface area contributed by atoms with E-state index in [1.54, 1.807) is 7.05 Å². The Morgan fingerprint density at radius 2 is 2.28 bits per heavy atom. The van der Waals surface area contributed by atoms with Crippen molar-refractivity contribution in [3.8, 4) is 0 Å². The molecule has 0 aliphatic heterocycles. The molecule has 0 amide bonds. The third-order valence-corrected chi connectivity index (χ3v) is 2.90. The van der Waals surface area contributed by atoms with E-state index in [-0.39, 0.29) is 5.92 Å². The molecule has 4 heteroatoms. The van der Waals surface area contributed by atoms with Crippen molar-refractivity contribution in [3.05, 3.63) is 41.4 Å². The van der Waals surface area contributed by atoms with Crippen LogP contribution in [0.3, 0.4) is 0 Å². The van der Waals surface area contributed by atoms with Gasteiger partial charge >= 0.3 is 0 Å². The van der Waals surface area contributed by atoms with Crippen molar-refractivity contribution >= 4 is 12.4 Å². The van der Waals surface area contributed by atoms with Crippen LogP contribution < -0.4 is 0 Å². The summed E-state index contributed by atoms with van der Waals surface area (Å²) in [5.41, 5.74) is 3.20. The number of nitrogens with one attached hydrogen (secondary N) is 1. The minimum absolute atomic E-state index is 0.0741. The van der Waals surface area contributed by atoms with Crippen molar-refractivity contribution in [2.24, 2.45) is 9.98 Å². The van der Waals surface area contributed by atoms with E-state index in [4.69, 9.17) is 0 Å². The van der Waals surface area contributed by atoms with E-state index in [1.165, 1.54) is 0 Å². The average molecular weight is 242 g/mol. The largest absolute Gasteiger partial charge is 0.300 e. The third-order valence-electron chi connectivity index (χ3n) is 2.90. The van der Waals surface area contributed by atoms with Gasteiger partial charge in [0.15, 0.2) is 0 Å². The Kier molecular flexibility index (Phi) is 4.23. The number of aliphatic imine (C=N–C) groups is 2. The zero-order valence-corrected chi connectivity index (χ0v) is 10.8. The number of hydrogen-bond donors (Lipinski definition) is 1. The maximum atomic E-state index is 4.52. The molecule has 0 saturated carbocycles. The van der Waals surface area contributed by atoms with Gasteiger partial charge in [-0.3, -0.25) is 15.1 Å². The van der Waals surface area contributed by atoms with Gasteiger partial charge in [-0.25, -0.2) is 0 Å². The van der Waals surface area contributed by atoms with Gasteiger partial charge in [-0.05, 0) is 25.8 Å². The highest BCUT2D eigenvalue weighted by atomic mass is 15.1. The highest BCUT2D eigenvalue weighted by molar-refractivity contribution is 5.91. The molecule has 1 aromatic heterocycles. The highest BCUT2D eigenvalue weighted by Crippen LogP contribution is 2.16. The summed E-state index contributed by atoms with van der Waals surface area (Å²) in [7, 11) is 1.77. The molecule has 1 atom stereocenters. The van der Waals surface area contributed by atoms with Gasteiger partial charge in [0.05, 0.1) is 17.8 Å². The number of nitrogens with zero attached hydrogens (tertiary/aromatic N) is 3. The Hall–Kier alpha value is -1.97. The Bertz CT molecular complexity index is 506. The predicted molar refractivity (Wildman–Crippen MR) is 75.4 cm³/mol. The minimum Gasteiger partial charge on any atom is -0.300 e. The zero-order chi connectivity index (χ0) is 12.8. The molecule has 1 aliphatic carbocycles. The van der Waals surface area contributed by atoms with Gasteiger partial charge in [0.1, 0.15) is 0 Å². The lowest BCUT2D eigenvalue weighted by Crippen LogP contribution is -2.03. The molecule has 1 unspecified atom stereocenters. The topological polar surface area (TPSA) is 53.4 Å². The Morgan fingerprint density at radius 1 is 1.39 bits per heavy atom. The van der Waals surface area contributed by atoms with Gasteiger partial charge in [-0.15, -0.1) is 0 Å². The lowest BCUT2D eigenvalue weighted by atomic mass is 10.0. The third kappa shape index (κ3) is 3.03. The Labute approximate surface area is 107 Å². The molecule has 2 rings (SSSR count). The highest BCUT2D eigenvalue weighted by Gasteiger charge is 2.10. The first-order valence-electron chi connectivity index (χ1n) is 6.14. The summed E-state index contributed by atoms with van der Waals surface area (Å²) in [6.07, 6.45) is 14.2. The van der Waals surface area contributed by atoms with Crippen LogP contribution in [0.25, 0.3) is 0 Å². The fourth-order valence-electron chi connectivity index (χ4n) is 1.92. The molecule has 1 N–H and O–H groups in total. The number of aromatic amines is 1. The lowest BCUT2D eigenvalue weighted by Gasteiger charge is -2.06. The number of allylic oxidation sites excluding steroid dienone is 3. The van der Waals surface area contributed by atoms with Gasteiger partial charge < -0.3 is 0 Å². The molecular formula is C14H18N4. The molecule has 1 heterocycles. The quantitative estimate of drug-likeness (QED) is 0.811. The second kappa shape index (κ2) is 6.10. The predicted octanol–water partition coefficient (Wildman–Crippen LogP) is 2.81. The molecule has 0 aromatic carbocycles. The maximum absolute atomic E-state index is 4.52. The molecule has 0 saturated heterocycles. The molecule has 1 aromatic rings. The monoisotopic (exact) mass is 242 g/mol. The summed E-state index contributed by atoms with van der Waals surface area (Å²) in [6.45, 7) is 2.01. The van der Waals surface area contributed by atoms with Crippen LogP contribution in [0.1, 0.15) is 30.0 Å². The van der Waals surface area contributed by atoms with E-state index >= 15 is 0 Å². The number of rotatable bonds is 4. The molecule has 94 valence electrons. The smallest absolute Gasteiger partial charge is 0.0583 e. The Morgan fingerprint density at radius 3 is 2.89 bits per heavy atom. The fraction of sp³-hybridized carbons (Fsp3) is 0.357. The summed E-state index contributed by atoms with van der Waals surface area (Å²) in [5, 5.41) is 6.99. The number of aryl methyl sites for hydroxylation is 1. The van der Waals surface area contributed by atoms with E-state index in [2.05, 4.69) is 38.4 Å². The average Bonchev–Trinajstić information content (AvgIpc) is 2.82. The van der Waals surface area contributed by atoms with Gasteiger partial charge in [0.2, 0.25) is 0 Å². The van der Waals surface area contributed by atoms with Crippen LogP contribution in [-0.2, 0) is 0 Å². The van der Waals surface area contributed by atoms with Crippen LogP contribution in [0.5, 0.6) is 0 Å². The van der Waals surface area contributed by atoms with E-state index in [0.717, 1.165) is 29.8 Å². The summed E-state index contributed by atoms with van der Waals surface area (Å²) < 4.78 is 0. The molecule has 1 aliphatic rings. The molecule has 0 spiro atoms. The molecule has 4 nitrogen and oxygen atoms in total. The first-order chi connectivity index (χ1) is 8.81. The van der Waals surface area contributed by atoms with Crippen molar-refractivity contribution < 1.29 is 0 Å². The van der Waals surface area contributed by atoms with Crippen LogP contribution in [0.2, 0.25) is 0 Å². The van der Waals surface area contributed by atoms with Crippen LogP contribution >= 0.6 is 0 Å². The van der Waals surface area contributed by atoms with Crippen molar-refractivity contribution in [3.63, 3.8) is 0 Å². The van der Waals surface area contributed by atoms with E-state index in [9.17, 15) is 0 Å². The second-order valence-electron chi connectivity index (χ2n) is 4.27. The molecule has 0 bridgehead atoms. The molecule has 0 fully saturated rings. The van der Waals surface area contributed by atoms with E-state index < -0.39 is 0 Å². The SMILES string of the molecule is CN=CC(C=NC1=CCCC=C1)c1cn[nH]c1C. The van der Waals surface area contributed by atoms with E-state index in [0.29, 0.717) is 0 Å². The van der Waals surface area contributed by atoms with Crippen molar-refractivity contribution in [1.82, 2.24) is 10.2 Å². The fourth-order valence-corrected chi connectivity index (χ4v) is 1.92. The van der Waals surface area contributed by atoms with Crippen molar-refractivity contribution in [2.45, 2.75) is 25.7 Å². The summed E-state index contributed by atoms with van der Waals surface area (Å²) >= 11 is 0. The lowest BCUT2D eigenvalue weighted by molar-refractivity contribution is 1.01. The first kappa shape index (κ1) is 12.5. The number of aromatic nitrogens is 2. The Balaban J connectivity index is 2.17. The summed E-state index contributed by atoms with van der Waals surface area (Å²) in [4.78, 5) is 8.62. The van der Waals surface area contributed by atoms with Gasteiger partial charge in [0.25, 0.3) is 0 Å². The van der Waals surface area contributed by atoms with Crippen molar-refractivity contribution in [1.29, 1.82) is 0 Å².